The maximum Gasteiger partial charge on any atom is 0.0741 e. The molecule has 16 heavy (non-hydrogen) atoms. The van der Waals surface area contributed by atoms with Crippen LogP contribution >= 0.6 is 49.9 Å². The number of benzene rings is 1. The summed E-state index contributed by atoms with van der Waals surface area (Å²) in [5, 5.41) is 0. The molecule has 0 aliphatic carbocycles. The van der Waals surface area contributed by atoms with Crippen molar-refractivity contribution in [1.82, 2.24) is 0 Å². The van der Waals surface area contributed by atoms with Crippen molar-refractivity contribution in [2.24, 2.45) is 0 Å². The van der Waals surface area contributed by atoms with Crippen LogP contribution in [0.1, 0.15) is 25.7 Å². The number of hydrogen-bond donors (Lipinski definition) is 0. The summed E-state index contributed by atoms with van der Waals surface area (Å²) >= 11 is 8.03. The minimum atomic E-state index is 0.320. The summed E-state index contributed by atoms with van der Waals surface area (Å²) < 4.78 is 1.28. The first-order valence-corrected chi connectivity index (χ1v) is 7.85. The molecule has 2 rings (SSSR count). The number of aryl methyl sites for hydroxylation is 2. The Morgan fingerprint density at radius 3 is 2.56 bits per heavy atom. The third-order valence-electron chi connectivity index (χ3n) is 2.45. The van der Waals surface area contributed by atoms with Gasteiger partial charge in [0.2, 0.25) is 0 Å². The predicted octanol–water partition coefficient (Wildman–Crippen LogP) is 5.45. The lowest BCUT2D eigenvalue weighted by Gasteiger charge is -2.10. The summed E-state index contributed by atoms with van der Waals surface area (Å²) in [7, 11) is 0. The highest BCUT2D eigenvalue weighted by molar-refractivity contribution is 14.1. The van der Waals surface area contributed by atoms with E-state index < -0.39 is 0 Å². The lowest BCUT2D eigenvalue weighted by molar-refractivity contribution is 1.19. The second-order valence-corrected chi connectivity index (χ2v) is 7.27. The van der Waals surface area contributed by atoms with Crippen LogP contribution in [-0.2, 0) is 0 Å². The molecule has 0 amide bonds. The van der Waals surface area contributed by atoms with Crippen molar-refractivity contribution >= 4 is 49.9 Å². The van der Waals surface area contributed by atoms with E-state index in [4.69, 9.17) is 0 Å². The third-order valence-corrected chi connectivity index (χ3v) is 5.63. The summed E-state index contributed by atoms with van der Waals surface area (Å²) in [5.41, 5.74) is 2.71. The van der Waals surface area contributed by atoms with Gasteiger partial charge in [-0.05, 0) is 65.8 Å². The van der Waals surface area contributed by atoms with Crippen LogP contribution in [0.2, 0.25) is 0 Å². The molecule has 0 N–H and O–H groups in total. The van der Waals surface area contributed by atoms with Crippen molar-refractivity contribution in [2.75, 3.05) is 0 Å². The average Bonchev–Trinajstić information content (AvgIpc) is 2.57. The van der Waals surface area contributed by atoms with Crippen LogP contribution in [0.5, 0.6) is 0 Å². The van der Waals surface area contributed by atoms with Crippen LogP contribution in [0, 0.1) is 17.4 Å². The molecule has 0 fully saturated rings. The number of thiophene rings is 1. The Bertz CT molecular complexity index is 504. The highest BCUT2D eigenvalue weighted by Gasteiger charge is 2.15. The summed E-state index contributed by atoms with van der Waals surface area (Å²) in [4.78, 5) is 3.11. The van der Waals surface area contributed by atoms with Crippen LogP contribution < -0.4 is 0 Å². The van der Waals surface area contributed by atoms with E-state index in [1.54, 1.807) is 0 Å². The van der Waals surface area contributed by atoms with Crippen molar-refractivity contribution in [3.05, 3.63) is 54.8 Å². The second kappa shape index (κ2) is 5.19. The zero-order valence-corrected chi connectivity index (χ0v) is 13.7. The zero-order chi connectivity index (χ0) is 11.7. The Morgan fingerprint density at radius 1 is 1.25 bits per heavy atom. The molecule has 0 nitrogen and oxygen atoms in total. The molecule has 0 aliphatic heterocycles. The van der Waals surface area contributed by atoms with Gasteiger partial charge in [0, 0.05) is 13.3 Å². The van der Waals surface area contributed by atoms with Crippen molar-refractivity contribution in [2.45, 2.75) is 18.7 Å². The van der Waals surface area contributed by atoms with Crippen LogP contribution in [0.4, 0.5) is 0 Å². The van der Waals surface area contributed by atoms with E-state index in [1.165, 1.54) is 24.5 Å². The molecule has 0 saturated carbocycles. The van der Waals surface area contributed by atoms with Gasteiger partial charge >= 0.3 is 0 Å². The third kappa shape index (κ3) is 2.68. The summed E-state index contributed by atoms with van der Waals surface area (Å²) in [5.74, 6) is 0. The van der Waals surface area contributed by atoms with Gasteiger partial charge in [0.1, 0.15) is 0 Å². The molecular weight excluding hydrogens is 395 g/mol. The zero-order valence-electron chi connectivity index (χ0n) is 9.13. The molecule has 0 saturated heterocycles. The summed E-state index contributed by atoms with van der Waals surface area (Å²) in [6, 6.07) is 10.9. The SMILES string of the molecule is Cc1cc(C)c(C(Br)c2cccc(I)c2)s1. The van der Waals surface area contributed by atoms with Crippen molar-refractivity contribution in [1.29, 1.82) is 0 Å². The predicted molar refractivity (Wildman–Crippen MR) is 83.7 cm³/mol. The Hall–Kier alpha value is 0.130. The molecule has 0 spiro atoms. The lowest BCUT2D eigenvalue weighted by atomic mass is 10.1. The number of rotatable bonds is 2. The first kappa shape index (κ1) is 12.6. The molecule has 0 radical (unpaired) electrons. The smallest absolute Gasteiger partial charge is 0.0741 e. The van der Waals surface area contributed by atoms with Gasteiger partial charge in [0.15, 0.2) is 0 Å². The van der Waals surface area contributed by atoms with Gasteiger partial charge in [-0.2, -0.15) is 0 Å². The minimum absolute atomic E-state index is 0.320. The van der Waals surface area contributed by atoms with Gasteiger partial charge in [-0.3, -0.25) is 0 Å². The van der Waals surface area contributed by atoms with Crippen LogP contribution in [-0.4, -0.2) is 0 Å². The monoisotopic (exact) mass is 406 g/mol. The highest BCUT2D eigenvalue weighted by atomic mass is 127. The van der Waals surface area contributed by atoms with Crippen LogP contribution in [0.25, 0.3) is 0 Å². The molecule has 2 aromatic rings. The maximum absolute atomic E-state index is 3.80. The van der Waals surface area contributed by atoms with E-state index in [2.05, 4.69) is 82.7 Å². The van der Waals surface area contributed by atoms with Crippen molar-refractivity contribution < 1.29 is 0 Å². The largest absolute Gasteiger partial charge is 0.144 e. The number of hydrogen-bond acceptors (Lipinski definition) is 1. The molecular formula is C13H12BrIS. The van der Waals surface area contributed by atoms with E-state index in [0.717, 1.165) is 0 Å². The first-order chi connectivity index (χ1) is 7.58. The van der Waals surface area contributed by atoms with Gasteiger partial charge < -0.3 is 0 Å². The van der Waals surface area contributed by atoms with Gasteiger partial charge in [-0.1, -0.05) is 28.1 Å². The molecule has 0 aliphatic rings. The standard InChI is InChI=1S/C13H12BrIS/c1-8-6-9(2)16-13(8)12(14)10-4-3-5-11(15)7-10/h3-7,12H,1-2H3. The van der Waals surface area contributed by atoms with Crippen molar-refractivity contribution in [3.63, 3.8) is 0 Å². The summed E-state index contributed by atoms with van der Waals surface area (Å²) in [6.45, 7) is 4.34. The number of alkyl halides is 1. The topological polar surface area (TPSA) is 0 Å². The van der Waals surface area contributed by atoms with E-state index in [1.807, 2.05) is 11.3 Å². The number of halogens is 2. The van der Waals surface area contributed by atoms with Gasteiger partial charge in [0.25, 0.3) is 0 Å². The van der Waals surface area contributed by atoms with Crippen LogP contribution in [0.15, 0.2) is 30.3 Å². The molecule has 1 aromatic carbocycles. The van der Waals surface area contributed by atoms with Gasteiger partial charge in [-0.25, -0.2) is 0 Å². The molecule has 1 unspecified atom stereocenters. The average molecular weight is 407 g/mol. The molecule has 84 valence electrons. The Kier molecular flexibility index (Phi) is 4.08. The quantitative estimate of drug-likeness (QED) is 0.459. The Morgan fingerprint density at radius 2 is 2.00 bits per heavy atom. The fourth-order valence-corrected chi connectivity index (χ4v) is 4.26. The minimum Gasteiger partial charge on any atom is -0.144 e. The normalized spacial score (nSPS) is 12.8. The van der Waals surface area contributed by atoms with E-state index >= 15 is 0 Å². The van der Waals surface area contributed by atoms with Crippen molar-refractivity contribution in [3.8, 4) is 0 Å². The van der Waals surface area contributed by atoms with E-state index in [0.29, 0.717) is 4.83 Å². The first-order valence-electron chi connectivity index (χ1n) is 5.04. The fraction of sp³-hybridized carbons (Fsp3) is 0.231. The second-order valence-electron chi connectivity index (χ2n) is 3.82. The van der Waals surface area contributed by atoms with E-state index in [9.17, 15) is 0 Å². The Labute approximate surface area is 122 Å². The highest BCUT2D eigenvalue weighted by Crippen LogP contribution is 2.38. The molecule has 3 heteroatoms. The van der Waals surface area contributed by atoms with Gasteiger partial charge in [0.05, 0.1) is 4.83 Å². The maximum atomic E-state index is 3.80. The van der Waals surface area contributed by atoms with Gasteiger partial charge in [-0.15, -0.1) is 11.3 Å². The van der Waals surface area contributed by atoms with E-state index in [-0.39, 0.29) is 0 Å². The van der Waals surface area contributed by atoms with Crippen LogP contribution in [0.3, 0.4) is 0 Å². The summed E-state index contributed by atoms with van der Waals surface area (Å²) in [6.07, 6.45) is 0. The fourth-order valence-electron chi connectivity index (χ4n) is 1.73. The molecule has 1 heterocycles. The molecule has 0 bridgehead atoms. The lowest BCUT2D eigenvalue weighted by Crippen LogP contribution is -1.91. The molecule has 1 aromatic heterocycles. The molecule has 1 atom stereocenters. The Balaban J connectivity index is 2.38.